The summed E-state index contributed by atoms with van der Waals surface area (Å²) in [6, 6.07) is 16.5. The van der Waals surface area contributed by atoms with E-state index in [1.807, 2.05) is 29.6 Å². The summed E-state index contributed by atoms with van der Waals surface area (Å²) in [5, 5.41) is 18.8. The first-order valence-electron chi connectivity index (χ1n) is 8.58. The Labute approximate surface area is 154 Å². The molecule has 2 aromatic heterocycles. The van der Waals surface area contributed by atoms with E-state index in [1.165, 1.54) is 10.8 Å². The zero-order valence-electron chi connectivity index (χ0n) is 14.0. The van der Waals surface area contributed by atoms with Gasteiger partial charge >= 0.3 is 0 Å². The van der Waals surface area contributed by atoms with Gasteiger partial charge in [-0.25, -0.2) is 0 Å². The molecule has 0 amide bonds. The quantitative estimate of drug-likeness (QED) is 0.599. The number of β-amino-alcohol motifs (C(OH)–C–C–N with tert-alkyl or cyclic N) is 1. The maximum atomic E-state index is 10.3. The largest absolute Gasteiger partial charge is 0.391 e. The van der Waals surface area contributed by atoms with Gasteiger partial charge in [-0.1, -0.05) is 47.6 Å². The van der Waals surface area contributed by atoms with Gasteiger partial charge in [0.15, 0.2) is 0 Å². The number of aliphatic hydroxyl groups excluding tert-OH is 1. The fourth-order valence-electron chi connectivity index (χ4n) is 3.63. The Morgan fingerprint density at radius 2 is 2.08 bits per heavy atom. The molecule has 130 valence electrons. The number of aliphatic hydroxyl groups is 1. The van der Waals surface area contributed by atoms with Crippen molar-refractivity contribution in [3.05, 3.63) is 65.4 Å². The Morgan fingerprint density at radius 3 is 2.96 bits per heavy atom. The number of anilines is 1. The van der Waals surface area contributed by atoms with Crippen LogP contribution in [0.4, 0.5) is 5.69 Å². The van der Waals surface area contributed by atoms with Crippen LogP contribution in [-0.4, -0.2) is 27.9 Å². The van der Waals surface area contributed by atoms with Crippen LogP contribution in [-0.2, 0) is 13.0 Å². The molecule has 0 radical (unpaired) electrons. The highest BCUT2D eigenvalue weighted by Gasteiger charge is 2.26. The molecule has 1 N–H and O–H groups in total. The third-order valence-corrected chi connectivity index (χ3v) is 5.59. The zero-order valence-corrected chi connectivity index (χ0v) is 14.8. The first kappa shape index (κ1) is 15.5. The number of aromatic nitrogens is 2. The predicted molar refractivity (Wildman–Crippen MR) is 102 cm³/mol. The van der Waals surface area contributed by atoms with Crippen LogP contribution in [0.5, 0.6) is 0 Å². The van der Waals surface area contributed by atoms with Crippen LogP contribution in [0.15, 0.2) is 58.4 Å². The number of fused-ring (bicyclic) bond motifs is 3. The minimum absolute atomic E-state index is 0.400. The van der Waals surface area contributed by atoms with E-state index in [0.717, 1.165) is 16.1 Å². The van der Waals surface area contributed by atoms with Crippen molar-refractivity contribution in [1.29, 1.82) is 0 Å². The summed E-state index contributed by atoms with van der Waals surface area (Å²) in [6.45, 7) is 1.04. The highest BCUT2D eigenvalue weighted by Crippen LogP contribution is 2.36. The van der Waals surface area contributed by atoms with E-state index in [1.54, 1.807) is 11.3 Å². The van der Waals surface area contributed by atoms with Gasteiger partial charge in [-0.2, -0.15) is 4.98 Å². The van der Waals surface area contributed by atoms with E-state index in [0.29, 0.717) is 31.2 Å². The van der Waals surface area contributed by atoms with E-state index >= 15 is 0 Å². The number of nitrogens with zero attached hydrogens (tertiary/aromatic N) is 3. The van der Waals surface area contributed by atoms with Crippen molar-refractivity contribution in [2.24, 2.45) is 0 Å². The number of hydrogen-bond acceptors (Lipinski definition) is 6. The van der Waals surface area contributed by atoms with Crippen LogP contribution in [0, 0.1) is 0 Å². The smallest absolute Gasteiger partial charge is 0.246 e. The van der Waals surface area contributed by atoms with Gasteiger partial charge in [-0.05, 0) is 22.4 Å². The molecule has 26 heavy (non-hydrogen) atoms. The Hall–Kier alpha value is -2.70. The molecular weight excluding hydrogens is 346 g/mol. The molecular formula is C20H17N3O2S. The van der Waals surface area contributed by atoms with Crippen LogP contribution in [0.3, 0.4) is 0 Å². The fraction of sp³-hybridized carbons (Fsp3) is 0.200. The van der Waals surface area contributed by atoms with Gasteiger partial charge in [0.25, 0.3) is 0 Å². The average molecular weight is 363 g/mol. The molecule has 3 heterocycles. The lowest BCUT2D eigenvalue weighted by molar-refractivity contribution is 0.174. The van der Waals surface area contributed by atoms with Gasteiger partial charge in [-0.3, -0.25) is 0 Å². The summed E-state index contributed by atoms with van der Waals surface area (Å²) in [4.78, 5) is 7.67. The van der Waals surface area contributed by atoms with Gasteiger partial charge in [0.1, 0.15) is 0 Å². The summed E-state index contributed by atoms with van der Waals surface area (Å²) in [6.07, 6.45) is 0.268. The van der Waals surface area contributed by atoms with E-state index < -0.39 is 6.10 Å². The van der Waals surface area contributed by atoms with Crippen LogP contribution in [0.1, 0.15) is 11.5 Å². The second-order valence-electron chi connectivity index (χ2n) is 6.52. The topological polar surface area (TPSA) is 62.4 Å². The molecule has 0 saturated heterocycles. The second kappa shape index (κ2) is 6.23. The summed E-state index contributed by atoms with van der Waals surface area (Å²) in [5.41, 5.74) is 2.31. The van der Waals surface area contributed by atoms with E-state index in [2.05, 4.69) is 39.3 Å². The van der Waals surface area contributed by atoms with Crippen LogP contribution in [0.25, 0.3) is 21.5 Å². The highest BCUT2D eigenvalue weighted by molar-refractivity contribution is 7.13. The number of benzene rings is 2. The molecule has 0 unspecified atom stereocenters. The molecule has 0 bridgehead atoms. The molecule has 6 heteroatoms. The standard InChI is InChI=1S/C20H17N3O2S/c24-15-10-14-8-7-13-4-1-2-5-16(13)19(14)23(11-15)12-18-21-20(22-25-18)17-6-3-9-26-17/h1-9,15,24H,10-12H2/t15-/m0/s1. The van der Waals surface area contributed by atoms with Crippen molar-refractivity contribution in [3.8, 4) is 10.7 Å². The first-order chi connectivity index (χ1) is 12.8. The lowest BCUT2D eigenvalue weighted by Gasteiger charge is -2.34. The minimum atomic E-state index is -0.400. The van der Waals surface area contributed by atoms with Crippen molar-refractivity contribution >= 4 is 27.8 Å². The van der Waals surface area contributed by atoms with E-state index in [-0.39, 0.29) is 0 Å². The Balaban J connectivity index is 1.53. The minimum Gasteiger partial charge on any atom is -0.391 e. The molecule has 4 aromatic rings. The number of rotatable bonds is 3. The second-order valence-corrected chi connectivity index (χ2v) is 7.47. The predicted octanol–water partition coefficient (Wildman–Crippen LogP) is 3.87. The van der Waals surface area contributed by atoms with E-state index in [9.17, 15) is 5.11 Å². The Bertz CT molecular complexity index is 1060. The Morgan fingerprint density at radius 1 is 1.15 bits per heavy atom. The maximum Gasteiger partial charge on any atom is 0.246 e. The third-order valence-electron chi connectivity index (χ3n) is 4.72. The fourth-order valence-corrected chi connectivity index (χ4v) is 4.28. The first-order valence-corrected chi connectivity index (χ1v) is 9.46. The molecule has 5 rings (SSSR count). The van der Waals surface area contributed by atoms with Crippen molar-refractivity contribution < 1.29 is 9.63 Å². The lowest BCUT2D eigenvalue weighted by atomic mass is 9.95. The molecule has 1 atom stereocenters. The van der Waals surface area contributed by atoms with Crippen molar-refractivity contribution in [3.63, 3.8) is 0 Å². The summed E-state index contributed by atoms with van der Waals surface area (Å²) >= 11 is 1.59. The molecule has 0 fully saturated rings. The molecule has 0 saturated carbocycles. The van der Waals surface area contributed by atoms with E-state index in [4.69, 9.17) is 4.52 Å². The molecule has 0 spiro atoms. The monoisotopic (exact) mass is 363 g/mol. The third kappa shape index (κ3) is 2.67. The molecule has 2 aromatic carbocycles. The number of thiophene rings is 1. The highest BCUT2D eigenvalue weighted by atomic mass is 32.1. The van der Waals surface area contributed by atoms with Crippen molar-refractivity contribution in [2.75, 3.05) is 11.4 Å². The van der Waals surface area contributed by atoms with Gasteiger partial charge in [-0.15, -0.1) is 11.3 Å². The molecule has 5 nitrogen and oxygen atoms in total. The SMILES string of the molecule is O[C@H]1Cc2ccc3ccccc3c2N(Cc2nc(-c3cccs3)no2)C1. The lowest BCUT2D eigenvalue weighted by Crippen LogP contribution is -2.38. The van der Waals surface area contributed by atoms with Crippen molar-refractivity contribution in [1.82, 2.24) is 10.1 Å². The van der Waals surface area contributed by atoms with Crippen LogP contribution < -0.4 is 4.90 Å². The maximum absolute atomic E-state index is 10.3. The van der Waals surface area contributed by atoms with Crippen LogP contribution in [0.2, 0.25) is 0 Å². The van der Waals surface area contributed by atoms with Gasteiger partial charge in [0.05, 0.1) is 17.5 Å². The average Bonchev–Trinajstić information content (AvgIpc) is 3.32. The molecule has 1 aliphatic rings. The molecule has 0 aliphatic carbocycles. The number of hydrogen-bond donors (Lipinski definition) is 1. The van der Waals surface area contributed by atoms with Crippen molar-refractivity contribution in [2.45, 2.75) is 19.1 Å². The summed E-state index contributed by atoms with van der Waals surface area (Å²) < 4.78 is 5.48. The Kier molecular flexibility index (Phi) is 3.72. The van der Waals surface area contributed by atoms with Crippen LogP contribution >= 0.6 is 11.3 Å². The summed E-state index contributed by atoms with van der Waals surface area (Å²) in [7, 11) is 0. The summed E-state index contributed by atoms with van der Waals surface area (Å²) in [5.74, 6) is 1.17. The van der Waals surface area contributed by atoms with Gasteiger partial charge < -0.3 is 14.5 Å². The van der Waals surface area contributed by atoms with Gasteiger partial charge in [0, 0.05) is 24.0 Å². The van der Waals surface area contributed by atoms with Gasteiger partial charge in [0.2, 0.25) is 11.7 Å². The normalized spacial score (nSPS) is 16.8. The molecule has 1 aliphatic heterocycles. The zero-order chi connectivity index (χ0) is 17.5.